The number of hydrogen-bond donors (Lipinski definition) is 1. The molecule has 1 unspecified atom stereocenters. The predicted molar refractivity (Wildman–Crippen MR) is 69.2 cm³/mol. The van der Waals surface area contributed by atoms with E-state index in [4.69, 9.17) is 14.6 Å². The van der Waals surface area contributed by atoms with Gasteiger partial charge in [-0.15, -0.1) is 0 Å². The van der Waals surface area contributed by atoms with Crippen molar-refractivity contribution in [3.05, 3.63) is 41.2 Å². The number of ether oxygens (including phenoxy) is 2. The molecule has 0 saturated carbocycles. The minimum absolute atomic E-state index is 0.0914. The third kappa shape index (κ3) is 6.13. The molecule has 0 aromatic heterocycles. The number of benzene rings is 1. The number of rotatable bonds is 7. The molecule has 0 aliphatic rings. The molecule has 1 N–H and O–H groups in total. The average molecular weight is 268 g/mol. The van der Waals surface area contributed by atoms with Crippen LogP contribution < -0.4 is 0 Å². The van der Waals surface area contributed by atoms with Crippen molar-refractivity contribution in [2.24, 2.45) is 0 Å². The Labute approximate surface area is 111 Å². The Hall–Kier alpha value is -1.72. The van der Waals surface area contributed by atoms with Crippen LogP contribution in [0.2, 0.25) is 0 Å². The minimum atomic E-state index is -1.07. The highest BCUT2D eigenvalue weighted by atomic mass is 19.1. The Balaban J connectivity index is 2.71. The summed E-state index contributed by atoms with van der Waals surface area (Å²) in [6.07, 6.45) is 2.21. The Morgan fingerprint density at radius 3 is 2.84 bits per heavy atom. The lowest BCUT2D eigenvalue weighted by molar-refractivity contribution is -0.131. The molecule has 1 aromatic carbocycles. The van der Waals surface area contributed by atoms with E-state index in [1.807, 2.05) is 6.92 Å². The summed E-state index contributed by atoms with van der Waals surface area (Å²) in [6, 6.07) is 4.31. The van der Waals surface area contributed by atoms with Crippen molar-refractivity contribution in [2.45, 2.75) is 19.6 Å². The maximum Gasteiger partial charge on any atom is 0.328 e. The van der Waals surface area contributed by atoms with Crippen LogP contribution in [0.25, 0.3) is 6.08 Å². The van der Waals surface area contributed by atoms with E-state index >= 15 is 0 Å². The van der Waals surface area contributed by atoms with E-state index < -0.39 is 11.8 Å². The average Bonchev–Trinajstić information content (AvgIpc) is 2.34. The second-order valence-corrected chi connectivity index (χ2v) is 4.14. The number of carboxylic acid groups (broad SMARTS) is 1. The second kappa shape index (κ2) is 7.66. The first-order valence-electron chi connectivity index (χ1n) is 5.82. The Morgan fingerprint density at radius 1 is 1.47 bits per heavy atom. The van der Waals surface area contributed by atoms with E-state index in [9.17, 15) is 9.18 Å². The van der Waals surface area contributed by atoms with Gasteiger partial charge >= 0.3 is 5.97 Å². The smallest absolute Gasteiger partial charge is 0.328 e. The second-order valence-electron chi connectivity index (χ2n) is 4.14. The summed E-state index contributed by atoms with van der Waals surface area (Å²) >= 11 is 0. The van der Waals surface area contributed by atoms with Gasteiger partial charge in [0.15, 0.2) is 0 Å². The van der Waals surface area contributed by atoms with E-state index in [2.05, 4.69) is 0 Å². The Kier molecular flexibility index (Phi) is 6.18. The van der Waals surface area contributed by atoms with E-state index in [0.717, 1.165) is 6.08 Å². The van der Waals surface area contributed by atoms with Gasteiger partial charge in [-0.1, -0.05) is 0 Å². The van der Waals surface area contributed by atoms with E-state index in [1.165, 1.54) is 18.2 Å². The van der Waals surface area contributed by atoms with Gasteiger partial charge in [-0.3, -0.25) is 0 Å². The van der Waals surface area contributed by atoms with Gasteiger partial charge in [0.1, 0.15) is 5.82 Å². The number of aliphatic carboxylic acids is 1. The highest BCUT2D eigenvalue weighted by Crippen LogP contribution is 2.13. The summed E-state index contributed by atoms with van der Waals surface area (Å²) < 4.78 is 23.8. The molecule has 5 heteroatoms. The topological polar surface area (TPSA) is 55.8 Å². The van der Waals surface area contributed by atoms with Crippen molar-refractivity contribution in [3.63, 3.8) is 0 Å². The lowest BCUT2D eigenvalue weighted by Gasteiger charge is -2.12. The molecule has 0 saturated heterocycles. The maximum atomic E-state index is 13.4. The summed E-state index contributed by atoms with van der Waals surface area (Å²) in [5.74, 6) is -1.50. The molecule has 0 fully saturated rings. The molecular formula is C14H17FO4. The van der Waals surface area contributed by atoms with Gasteiger partial charge in [-0.2, -0.15) is 0 Å². The van der Waals surface area contributed by atoms with Crippen LogP contribution in [-0.4, -0.2) is 30.9 Å². The molecule has 0 aliphatic heterocycles. The Morgan fingerprint density at radius 2 is 2.21 bits per heavy atom. The summed E-state index contributed by atoms with van der Waals surface area (Å²) in [5, 5.41) is 8.53. The van der Waals surface area contributed by atoms with Crippen molar-refractivity contribution in [1.82, 2.24) is 0 Å². The molecule has 104 valence electrons. The van der Waals surface area contributed by atoms with Gasteiger partial charge < -0.3 is 14.6 Å². The Bertz CT molecular complexity index is 457. The summed E-state index contributed by atoms with van der Waals surface area (Å²) in [7, 11) is 1.58. The van der Waals surface area contributed by atoms with Gasteiger partial charge in [0.05, 0.1) is 19.3 Å². The zero-order valence-electron chi connectivity index (χ0n) is 10.9. The van der Waals surface area contributed by atoms with Crippen LogP contribution in [0, 0.1) is 5.82 Å². The third-order valence-corrected chi connectivity index (χ3v) is 2.33. The number of halogens is 1. The highest BCUT2D eigenvalue weighted by Gasteiger charge is 2.04. The van der Waals surface area contributed by atoms with Crippen molar-refractivity contribution in [1.29, 1.82) is 0 Å². The number of carboxylic acids is 1. The number of hydrogen-bond acceptors (Lipinski definition) is 3. The fourth-order valence-electron chi connectivity index (χ4n) is 1.54. The van der Waals surface area contributed by atoms with E-state index in [0.29, 0.717) is 17.7 Å². The van der Waals surface area contributed by atoms with Crippen LogP contribution in [0.4, 0.5) is 4.39 Å². The molecule has 0 spiro atoms. The van der Waals surface area contributed by atoms with Gasteiger partial charge in [0.2, 0.25) is 0 Å². The van der Waals surface area contributed by atoms with E-state index in [1.54, 1.807) is 13.2 Å². The molecule has 0 heterocycles. The zero-order valence-corrected chi connectivity index (χ0v) is 10.9. The van der Waals surface area contributed by atoms with Crippen LogP contribution in [0.1, 0.15) is 18.1 Å². The molecular weight excluding hydrogens is 251 g/mol. The molecule has 1 rings (SSSR count). The summed E-state index contributed by atoms with van der Waals surface area (Å²) in [6.45, 7) is 2.56. The maximum absolute atomic E-state index is 13.4. The van der Waals surface area contributed by atoms with Gasteiger partial charge in [-0.25, -0.2) is 9.18 Å². The monoisotopic (exact) mass is 268 g/mol. The van der Waals surface area contributed by atoms with Crippen molar-refractivity contribution in [2.75, 3.05) is 13.7 Å². The molecule has 0 radical (unpaired) electrons. The SMILES string of the molecule is COCC(C)OCc1cc(F)cc(C=CC(=O)O)c1. The summed E-state index contributed by atoms with van der Waals surface area (Å²) in [4.78, 5) is 10.4. The quantitative estimate of drug-likeness (QED) is 0.772. The van der Waals surface area contributed by atoms with Crippen molar-refractivity contribution < 1.29 is 23.8 Å². The van der Waals surface area contributed by atoms with E-state index in [-0.39, 0.29) is 12.7 Å². The van der Waals surface area contributed by atoms with Gasteiger partial charge in [-0.05, 0) is 42.3 Å². The normalized spacial score (nSPS) is 12.8. The largest absolute Gasteiger partial charge is 0.478 e. The molecule has 4 nitrogen and oxygen atoms in total. The third-order valence-electron chi connectivity index (χ3n) is 2.33. The fourth-order valence-corrected chi connectivity index (χ4v) is 1.54. The number of methoxy groups -OCH3 is 1. The fraction of sp³-hybridized carbons (Fsp3) is 0.357. The molecule has 19 heavy (non-hydrogen) atoms. The molecule has 0 amide bonds. The molecule has 0 bridgehead atoms. The van der Waals surface area contributed by atoms with Crippen LogP contribution in [0.5, 0.6) is 0 Å². The van der Waals surface area contributed by atoms with Gasteiger partial charge in [0, 0.05) is 13.2 Å². The van der Waals surface area contributed by atoms with Crippen LogP contribution in [0.3, 0.4) is 0 Å². The highest BCUT2D eigenvalue weighted by molar-refractivity contribution is 5.85. The summed E-state index contributed by atoms with van der Waals surface area (Å²) in [5.41, 5.74) is 1.13. The molecule has 1 aromatic rings. The first-order valence-corrected chi connectivity index (χ1v) is 5.82. The first-order chi connectivity index (χ1) is 9.01. The van der Waals surface area contributed by atoms with Crippen LogP contribution in [-0.2, 0) is 20.9 Å². The lowest BCUT2D eigenvalue weighted by atomic mass is 10.1. The molecule has 1 atom stereocenters. The standard InChI is InChI=1S/C14H17FO4/c1-10(8-18-2)19-9-12-5-11(3-4-14(16)17)6-13(15)7-12/h3-7,10H,8-9H2,1-2H3,(H,16,17). The minimum Gasteiger partial charge on any atom is -0.478 e. The predicted octanol–water partition coefficient (Wildman–Crippen LogP) is 2.48. The molecule has 0 aliphatic carbocycles. The van der Waals surface area contributed by atoms with Crippen LogP contribution >= 0.6 is 0 Å². The lowest BCUT2D eigenvalue weighted by Crippen LogP contribution is -2.14. The first kappa shape index (κ1) is 15.3. The van der Waals surface area contributed by atoms with Gasteiger partial charge in [0.25, 0.3) is 0 Å². The van der Waals surface area contributed by atoms with Crippen molar-refractivity contribution >= 4 is 12.0 Å². The number of carbonyl (C=O) groups is 1. The van der Waals surface area contributed by atoms with Crippen LogP contribution in [0.15, 0.2) is 24.3 Å². The van der Waals surface area contributed by atoms with Crippen molar-refractivity contribution in [3.8, 4) is 0 Å². The zero-order chi connectivity index (χ0) is 14.3.